The third kappa shape index (κ3) is 3.88. The van der Waals surface area contributed by atoms with E-state index in [0.717, 1.165) is 5.56 Å². The van der Waals surface area contributed by atoms with Gasteiger partial charge in [0, 0.05) is 28.7 Å². The lowest BCUT2D eigenvalue weighted by atomic mass is 10.0. The van der Waals surface area contributed by atoms with Crippen molar-refractivity contribution >= 4 is 23.2 Å². The fraction of sp³-hybridized carbons (Fsp3) is 0.625. The van der Waals surface area contributed by atoms with E-state index in [1.807, 2.05) is 18.2 Å². The maximum atomic E-state index is 6.35. The monoisotopic (exact) mass is 314 g/mol. The summed E-state index contributed by atoms with van der Waals surface area (Å²) in [5.41, 5.74) is 7.11. The molecule has 0 aliphatic heterocycles. The van der Waals surface area contributed by atoms with Crippen molar-refractivity contribution in [3.05, 3.63) is 33.8 Å². The zero-order valence-corrected chi connectivity index (χ0v) is 13.6. The third-order valence-electron chi connectivity index (χ3n) is 4.44. The molecule has 0 bridgehead atoms. The average Bonchev–Trinajstić information content (AvgIpc) is 2.70. The fourth-order valence-electron chi connectivity index (χ4n) is 3.20. The number of likely N-dealkylation sites (N-methyl/N-ethyl adjacent to an activating group) is 1. The van der Waals surface area contributed by atoms with Crippen LogP contribution in [-0.4, -0.2) is 24.5 Å². The Kier molecular flexibility index (Phi) is 6.16. The van der Waals surface area contributed by atoms with Crippen LogP contribution in [0.15, 0.2) is 18.2 Å². The summed E-state index contributed by atoms with van der Waals surface area (Å²) < 4.78 is 0. The van der Waals surface area contributed by atoms with Crippen molar-refractivity contribution in [3.8, 4) is 0 Å². The fourth-order valence-corrected chi connectivity index (χ4v) is 3.74. The Hall–Kier alpha value is -0.280. The van der Waals surface area contributed by atoms with E-state index < -0.39 is 0 Å². The molecule has 1 atom stereocenters. The van der Waals surface area contributed by atoms with Crippen LogP contribution in [0.5, 0.6) is 0 Å². The van der Waals surface area contributed by atoms with E-state index in [1.165, 1.54) is 38.5 Å². The van der Waals surface area contributed by atoms with Gasteiger partial charge in [0.15, 0.2) is 0 Å². The lowest BCUT2D eigenvalue weighted by Gasteiger charge is -2.35. The van der Waals surface area contributed by atoms with Crippen LogP contribution in [0.4, 0.5) is 0 Å². The summed E-state index contributed by atoms with van der Waals surface area (Å²) >= 11 is 12.3. The lowest BCUT2D eigenvalue weighted by molar-refractivity contribution is 0.161. The Morgan fingerprint density at radius 2 is 1.85 bits per heavy atom. The maximum absolute atomic E-state index is 6.35. The molecule has 0 spiro atoms. The average molecular weight is 315 g/mol. The van der Waals surface area contributed by atoms with Crippen LogP contribution >= 0.6 is 23.2 Å². The van der Waals surface area contributed by atoms with Crippen molar-refractivity contribution in [3.63, 3.8) is 0 Å². The molecule has 1 unspecified atom stereocenters. The highest BCUT2D eigenvalue weighted by molar-refractivity contribution is 6.35. The van der Waals surface area contributed by atoms with E-state index in [0.29, 0.717) is 22.6 Å². The van der Waals surface area contributed by atoms with Crippen LogP contribution in [0.2, 0.25) is 10.0 Å². The molecular weight excluding hydrogens is 291 g/mol. The molecule has 2 nitrogen and oxygen atoms in total. The van der Waals surface area contributed by atoms with Crippen LogP contribution in [0.3, 0.4) is 0 Å². The number of hydrogen-bond acceptors (Lipinski definition) is 2. The Balaban J connectivity index is 2.17. The molecule has 0 aromatic heterocycles. The van der Waals surface area contributed by atoms with Gasteiger partial charge in [-0.05, 0) is 37.6 Å². The normalized spacial score (nSPS) is 19.1. The van der Waals surface area contributed by atoms with Crippen LogP contribution in [0.25, 0.3) is 0 Å². The molecule has 2 rings (SSSR count). The number of halogens is 2. The molecule has 20 heavy (non-hydrogen) atoms. The summed E-state index contributed by atoms with van der Waals surface area (Å²) in [7, 11) is 2.18. The SMILES string of the molecule is CN(C1CCCCCC1)C(CN)c1ccc(Cl)cc1Cl. The number of hydrogen-bond donors (Lipinski definition) is 1. The predicted molar refractivity (Wildman–Crippen MR) is 87.5 cm³/mol. The van der Waals surface area contributed by atoms with Crippen LogP contribution < -0.4 is 5.73 Å². The van der Waals surface area contributed by atoms with Gasteiger partial charge in [0.05, 0.1) is 0 Å². The Bertz CT molecular complexity index is 428. The van der Waals surface area contributed by atoms with Crippen molar-refractivity contribution in [2.75, 3.05) is 13.6 Å². The third-order valence-corrected chi connectivity index (χ3v) is 5.00. The van der Waals surface area contributed by atoms with Crippen LogP contribution in [0.1, 0.15) is 50.1 Å². The summed E-state index contributed by atoms with van der Waals surface area (Å²) in [4.78, 5) is 2.42. The molecule has 1 fully saturated rings. The second-order valence-corrected chi connectivity index (χ2v) is 6.57. The van der Waals surface area contributed by atoms with Gasteiger partial charge in [-0.15, -0.1) is 0 Å². The van der Waals surface area contributed by atoms with Gasteiger partial charge in [0.25, 0.3) is 0 Å². The van der Waals surface area contributed by atoms with E-state index in [1.54, 1.807) is 0 Å². The Morgan fingerprint density at radius 3 is 2.40 bits per heavy atom. The first-order chi connectivity index (χ1) is 9.63. The van der Waals surface area contributed by atoms with Crippen molar-refractivity contribution in [2.24, 2.45) is 5.73 Å². The van der Waals surface area contributed by atoms with Gasteiger partial charge in [0.1, 0.15) is 0 Å². The largest absolute Gasteiger partial charge is 0.329 e. The zero-order valence-electron chi connectivity index (χ0n) is 12.1. The van der Waals surface area contributed by atoms with E-state index in [-0.39, 0.29) is 6.04 Å². The van der Waals surface area contributed by atoms with Crippen LogP contribution in [-0.2, 0) is 0 Å². The second-order valence-electron chi connectivity index (χ2n) is 5.73. The molecule has 0 radical (unpaired) electrons. The van der Waals surface area contributed by atoms with Crippen LogP contribution in [0, 0.1) is 0 Å². The smallest absolute Gasteiger partial charge is 0.0485 e. The van der Waals surface area contributed by atoms with Crippen molar-refractivity contribution in [1.82, 2.24) is 4.90 Å². The van der Waals surface area contributed by atoms with Gasteiger partial charge < -0.3 is 5.73 Å². The van der Waals surface area contributed by atoms with Gasteiger partial charge in [-0.25, -0.2) is 0 Å². The molecule has 4 heteroatoms. The number of nitrogens with two attached hydrogens (primary N) is 1. The second kappa shape index (κ2) is 7.65. The minimum Gasteiger partial charge on any atom is -0.329 e. The summed E-state index contributed by atoms with van der Waals surface area (Å²) in [6.07, 6.45) is 7.89. The highest BCUT2D eigenvalue weighted by atomic mass is 35.5. The molecule has 2 N–H and O–H groups in total. The predicted octanol–water partition coefficient (Wildman–Crippen LogP) is 4.65. The molecule has 0 heterocycles. The Labute approximate surface area is 132 Å². The number of rotatable bonds is 4. The van der Waals surface area contributed by atoms with E-state index >= 15 is 0 Å². The zero-order chi connectivity index (χ0) is 14.5. The number of nitrogens with zero attached hydrogens (tertiary/aromatic N) is 1. The highest BCUT2D eigenvalue weighted by Gasteiger charge is 2.25. The highest BCUT2D eigenvalue weighted by Crippen LogP contribution is 2.32. The first-order valence-electron chi connectivity index (χ1n) is 7.50. The molecule has 1 aliphatic carbocycles. The van der Waals surface area contributed by atoms with Gasteiger partial charge in [0.2, 0.25) is 0 Å². The quantitative estimate of drug-likeness (QED) is 0.820. The molecule has 0 amide bonds. The van der Waals surface area contributed by atoms with Gasteiger partial charge >= 0.3 is 0 Å². The van der Waals surface area contributed by atoms with Gasteiger partial charge in [-0.3, -0.25) is 4.90 Å². The molecule has 1 saturated carbocycles. The minimum atomic E-state index is 0.169. The van der Waals surface area contributed by atoms with Crippen molar-refractivity contribution < 1.29 is 0 Å². The van der Waals surface area contributed by atoms with Crippen molar-refractivity contribution in [2.45, 2.75) is 50.6 Å². The van der Waals surface area contributed by atoms with Gasteiger partial charge in [-0.1, -0.05) is 55.0 Å². The molecular formula is C16H24Cl2N2. The molecule has 112 valence electrons. The molecule has 0 saturated heterocycles. The first kappa shape index (κ1) is 16.1. The molecule has 1 aliphatic rings. The summed E-state index contributed by atoms with van der Waals surface area (Å²) in [6, 6.07) is 6.49. The summed E-state index contributed by atoms with van der Waals surface area (Å²) in [5.74, 6) is 0. The molecule has 1 aromatic rings. The van der Waals surface area contributed by atoms with E-state index in [4.69, 9.17) is 28.9 Å². The van der Waals surface area contributed by atoms with Crippen molar-refractivity contribution in [1.29, 1.82) is 0 Å². The van der Waals surface area contributed by atoms with E-state index in [9.17, 15) is 0 Å². The van der Waals surface area contributed by atoms with E-state index in [2.05, 4.69) is 11.9 Å². The summed E-state index contributed by atoms with van der Waals surface area (Å²) in [5, 5.41) is 1.39. The maximum Gasteiger partial charge on any atom is 0.0485 e. The minimum absolute atomic E-state index is 0.169. The number of benzene rings is 1. The summed E-state index contributed by atoms with van der Waals surface area (Å²) in [6.45, 7) is 0.578. The topological polar surface area (TPSA) is 29.3 Å². The lowest BCUT2D eigenvalue weighted by Crippen LogP contribution is -2.38. The molecule has 1 aromatic carbocycles. The first-order valence-corrected chi connectivity index (χ1v) is 8.26. The Morgan fingerprint density at radius 1 is 1.20 bits per heavy atom. The van der Waals surface area contributed by atoms with Gasteiger partial charge in [-0.2, -0.15) is 0 Å². The standard InChI is InChI=1S/C16H24Cl2N2/c1-20(13-6-4-2-3-5-7-13)16(11-19)14-9-8-12(17)10-15(14)18/h8-10,13,16H,2-7,11,19H2,1H3.